The quantitative estimate of drug-likeness (QED) is 0.165. The molecule has 0 saturated carbocycles. The Hall–Kier alpha value is -7.36. The lowest BCUT2D eigenvalue weighted by molar-refractivity contribution is 0.751. The zero-order chi connectivity index (χ0) is 38.9. The van der Waals surface area contributed by atoms with Gasteiger partial charge in [-0.3, -0.25) is 4.98 Å². The molecule has 3 aliphatic rings. The third-order valence-electron chi connectivity index (χ3n) is 12.9. The fourth-order valence-electron chi connectivity index (χ4n) is 10.8. The van der Waals surface area contributed by atoms with Crippen LogP contribution in [0.3, 0.4) is 0 Å². The van der Waals surface area contributed by atoms with E-state index >= 15 is 0 Å². The van der Waals surface area contributed by atoms with Gasteiger partial charge in [-0.2, -0.15) is 0 Å². The molecule has 0 spiro atoms. The maximum absolute atomic E-state index is 4.78. The normalized spacial score (nSPS) is 14.1. The van der Waals surface area contributed by atoms with Crippen LogP contribution in [0, 0.1) is 0 Å². The van der Waals surface area contributed by atoms with Crippen LogP contribution in [-0.2, 0) is 5.41 Å². The maximum Gasteiger partial charge on any atom is 0.249 e. The van der Waals surface area contributed by atoms with Gasteiger partial charge in [-0.25, -0.2) is 0 Å². The summed E-state index contributed by atoms with van der Waals surface area (Å²) in [4.78, 5) is 9.84. The van der Waals surface area contributed by atoms with Crippen LogP contribution in [0.15, 0.2) is 225 Å². The number of fused-ring (bicyclic) bond motifs is 7. The maximum atomic E-state index is 4.78. The molecule has 0 fully saturated rings. The largest absolute Gasteiger partial charge is 0.311 e. The summed E-state index contributed by atoms with van der Waals surface area (Å²) in [5.41, 5.74) is 19.2. The summed E-state index contributed by atoms with van der Waals surface area (Å²) in [7, 11) is 0. The molecule has 3 aliphatic heterocycles. The molecule has 59 heavy (non-hydrogen) atoms. The number of nitrogens with zero attached hydrogens (tertiary/aromatic N) is 3. The number of pyridine rings is 1. The van der Waals surface area contributed by atoms with E-state index < -0.39 is 5.41 Å². The third kappa shape index (κ3) is 4.82. The van der Waals surface area contributed by atoms with E-state index in [2.05, 4.69) is 222 Å². The Morgan fingerprint density at radius 3 is 1.56 bits per heavy atom. The summed E-state index contributed by atoms with van der Waals surface area (Å²) < 4.78 is 0. The molecule has 0 amide bonds. The molecule has 4 heterocycles. The highest BCUT2D eigenvalue weighted by Gasteiger charge is 2.54. The van der Waals surface area contributed by atoms with Crippen molar-refractivity contribution in [3.63, 3.8) is 0 Å². The summed E-state index contributed by atoms with van der Waals surface area (Å²) in [6.07, 6.45) is 3.91. The van der Waals surface area contributed by atoms with E-state index in [1.165, 1.54) is 77.8 Å². The van der Waals surface area contributed by atoms with E-state index in [4.69, 9.17) is 4.98 Å². The Morgan fingerprint density at radius 2 is 0.915 bits per heavy atom. The van der Waals surface area contributed by atoms with Gasteiger partial charge in [0.1, 0.15) is 0 Å². The van der Waals surface area contributed by atoms with E-state index in [-0.39, 0.29) is 13.4 Å². The Morgan fingerprint density at radius 1 is 0.390 bits per heavy atom. The minimum atomic E-state index is -0.650. The van der Waals surface area contributed by atoms with Crippen LogP contribution in [-0.4, -0.2) is 18.4 Å². The lowest BCUT2D eigenvalue weighted by atomic mass is 9.27. The van der Waals surface area contributed by atoms with Gasteiger partial charge in [0, 0.05) is 34.6 Å². The van der Waals surface area contributed by atoms with Crippen molar-refractivity contribution in [2.75, 3.05) is 9.80 Å². The lowest BCUT2D eigenvalue weighted by Gasteiger charge is -2.51. The Bertz CT molecular complexity index is 2970. The first-order chi connectivity index (χ1) is 29.3. The van der Waals surface area contributed by atoms with Crippen LogP contribution in [0.1, 0.15) is 22.3 Å². The molecule has 0 saturated heterocycles. The Kier molecular flexibility index (Phi) is 7.64. The smallest absolute Gasteiger partial charge is 0.249 e. The number of hydrogen-bond donors (Lipinski definition) is 0. The number of hydrogen-bond acceptors (Lipinski definition) is 3. The Balaban J connectivity index is 1.35. The van der Waals surface area contributed by atoms with Gasteiger partial charge in [-0.15, -0.1) is 0 Å². The molecular formula is C54H37B2N3. The molecule has 0 unspecified atom stereocenters. The third-order valence-corrected chi connectivity index (χ3v) is 12.9. The van der Waals surface area contributed by atoms with E-state index in [1.54, 1.807) is 0 Å². The van der Waals surface area contributed by atoms with E-state index in [0.717, 1.165) is 11.4 Å². The fraction of sp³-hybridized carbons (Fsp3) is 0.0185. The first-order valence-electron chi connectivity index (χ1n) is 20.5. The summed E-state index contributed by atoms with van der Waals surface area (Å²) >= 11 is 0. The molecule has 0 bridgehead atoms. The molecule has 0 aliphatic carbocycles. The van der Waals surface area contributed by atoms with E-state index in [9.17, 15) is 0 Å². The highest BCUT2D eigenvalue weighted by Crippen LogP contribution is 2.51. The Labute approximate surface area is 346 Å². The first-order valence-corrected chi connectivity index (χ1v) is 20.5. The minimum Gasteiger partial charge on any atom is -0.311 e. The summed E-state index contributed by atoms with van der Waals surface area (Å²) in [6, 6.07) is 78.7. The van der Waals surface area contributed by atoms with Crippen molar-refractivity contribution in [3.05, 3.63) is 247 Å². The average molecular weight is 750 g/mol. The molecule has 0 atom stereocenters. The summed E-state index contributed by atoms with van der Waals surface area (Å²) in [6.45, 7) is -0.0855. The van der Waals surface area contributed by atoms with Crippen LogP contribution in [0.2, 0.25) is 0 Å². The van der Waals surface area contributed by atoms with Crippen LogP contribution in [0.5, 0.6) is 0 Å². The van der Waals surface area contributed by atoms with Crippen molar-refractivity contribution in [1.82, 2.24) is 4.98 Å². The van der Waals surface area contributed by atoms with Crippen molar-refractivity contribution in [3.8, 4) is 0 Å². The predicted octanol–water partition coefficient (Wildman–Crippen LogP) is 8.38. The summed E-state index contributed by atoms with van der Waals surface area (Å²) in [5.74, 6) is 0. The van der Waals surface area contributed by atoms with E-state index in [1.807, 2.05) is 12.4 Å². The molecule has 0 N–H and O–H groups in total. The monoisotopic (exact) mass is 749 g/mol. The number of anilines is 6. The highest BCUT2D eigenvalue weighted by molar-refractivity contribution is 7.02. The number of benzene rings is 8. The fourth-order valence-corrected chi connectivity index (χ4v) is 10.8. The molecule has 5 heteroatoms. The van der Waals surface area contributed by atoms with Gasteiger partial charge in [0.25, 0.3) is 0 Å². The lowest BCUT2D eigenvalue weighted by Crippen LogP contribution is -2.68. The number of para-hydroxylation sites is 3. The van der Waals surface area contributed by atoms with Gasteiger partial charge in [0.05, 0.1) is 17.3 Å². The van der Waals surface area contributed by atoms with Crippen LogP contribution < -0.4 is 42.6 Å². The van der Waals surface area contributed by atoms with E-state index in [0.29, 0.717) is 0 Å². The second-order valence-electron chi connectivity index (χ2n) is 15.8. The van der Waals surface area contributed by atoms with Gasteiger partial charge in [0.2, 0.25) is 13.4 Å². The first kappa shape index (κ1) is 33.7. The molecule has 3 nitrogen and oxygen atoms in total. The van der Waals surface area contributed by atoms with Gasteiger partial charge < -0.3 is 9.80 Å². The molecule has 12 rings (SSSR count). The second-order valence-corrected chi connectivity index (χ2v) is 15.8. The van der Waals surface area contributed by atoms with Gasteiger partial charge in [-0.05, 0) is 86.6 Å². The van der Waals surface area contributed by atoms with Crippen molar-refractivity contribution < 1.29 is 0 Å². The van der Waals surface area contributed by atoms with Crippen LogP contribution in [0.4, 0.5) is 34.1 Å². The van der Waals surface area contributed by atoms with Crippen molar-refractivity contribution in [1.29, 1.82) is 0 Å². The van der Waals surface area contributed by atoms with Crippen LogP contribution >= 0.6 is 0 Å². The van der Waals surface area contributed by atoms with Crippen molar-refractivity contribution in [2.24, 2.45) is 0 Å². The SMILES string of the molecule is c1ccc(B2c3ccccc3N(c3ccccc3)c3cc4c5c(c32)N(c2cccnc2)c2ccccc2B5c2ccccc2C4(c2ccccc2)c2ccccc2)cc1. The minimum absolute atomic E-state index is 0.0232. The highest BCUT2D eigenvalue weighted by atomic mass is 15.2. The molecular weight excluding hydrogens is 712 g/mol. The number of aromatic nitrogens is 1. The molecule has 274 valence electrons. The number of rotatable bonds is 5. The zero-order valence-corrected chi connectivity index (χ0v) is 32.4. The molecule has 0 radical (unpaired) electrons. The zero-order valence-electron chi connectivity index (χ0n) is 32.4. The average Bonchev–Trinajstić information content (AvgIpc) is 3.32. The van der Waals surface area contributed by atoms with Gasteiger partial charge >= 0.3 is 0 Å². The van der Waals surface area contributed by atoms with Crippen molar-refractivity contribution >= 4 is 80.3 Å². The molecule has 8 aromatic carbocycles. The van der Waals surface area contributed by atoms with Gasteiger partial charge in [0.15, 0.2) is 0 Å². The molecule has 9 aromatic rings. The van der Waals surface area contributed by atoms with Crippen LogP contribution in [0.25, 0.3) is 0 Å². The molecule has 1 aromatic heterocycles. The topological polar surface area (TPSA) is 19.4 Å². The van der Waals surface area contributed by atoms with Crippen molar-refractivity contribution in [2.45, 2.75) is 5.41 Å². The predicted molar refractivity (Wildman–Crippen MR) is 248 cm³/mol. The second kappa shape index (κ2) is 13.4. The standard InChI is InChI=1S/C54H37B2N3/c1-5-20-38(21-6-1)54(39-22-7-2-8-23-39)43-29-13-14-30-45(43)56-47-32-16-18-34-49(47)59(42-28-19-35-57-37-42)53-51(56)44(54)36-50-52(53)55(40-24-9-3-10-25-40)46-31-15-17-33-48(46)58(50)41-26-11-4-12-27-41/h1-37H. The summed E-state index contributed by atoms with van der Waals surface area (Å²) in [5, 5.41) is 0. The van der Waals surface area contributed by atoms with Gasteiger partial charge in [-0.1, -0.05) is 181 Å².